The Bertz CT molecular complexity index is 2520. The smallest absolute Gasteiger partial charge is 0.481 e. The number of benzene rings is 2. The fourth-order valence-electron chi connectivity index (χ4n) is 12.6. The number of carbonyl (C=O) groups is 4. The van der Waals surface area contributed by atoms with Gasteiger partial charge in [-0.3, -0.25) is 24.2 Å². The molecule has 3 aliphatic carbocycles. The minimum atomic E-state index is -3.99. The van der Waals surface area contributed by atoms with Crippen molar-refractivity contribution in [3.05, 3.63) is 57.6 Å². The average molecular weight is 987 g/mol. The van der Waals surface area contributed by atoms with Crippen molar-refractivity contribution in [2.45, 2.75) is 166 Å². The van der Waals surface area contributed by atoms with Gasteiger partial charge in [0.15, 0.2) is 0 Å². The number of guanidine groups is 1. The number of fused-ring (bicyclic) bond motifs is 4. The predicted molar refractivity (Wildman–Crippen MR) is 267 cm³/mol. The normalized spacial score (nSPS) is 27.8. The summed E-state index contributed by atoms with van der Waals surface area (Å²) in [6, 6.07) is 5.44. The second kappa shape index (κ2) is 19.7. The van der Waals surface area contributed by atoms with Gasteiger partial charge in [0, 0.05) is 64.2 Å². The Morgan fingerprint density at radius 2 is 1.71 bits per heavy atom. The van der Waals surface area contributed by atoms with Crippen LogP contribution >= 0.6 is 0 Å². The maximum absolute atomic E-state index is 13.8. The number of ether oxygens (including phenoxy) is 1. The van der Waals surface area contributed by atoms with Gasteiger partial charge >= 0.3 is 7.12 Å². The number of sulfonamides is 1. The van der Waals surface area contributed by atoms with Crippen molar-refractivity contribution < 1.29 is 41.6 Å². The first kappa shape index (κ1) is 51.6. The topological polar surface area (TPSA) is 223 Å². The van der Waals surface area contributed by atoms with E-state index in [1.807, 2.05) is 32.6 Å². The molecule has 8 rings (SSSR count). The zero-order chi connectivity index (χ0) is 50.7. The number of nitrogens with two attached hydrogens (primary N) is 1. The van der Waals surface area contributed by atoms with Gasteiger partial charge in [0.05, 0.1) is 28.6 Å². The zero-order valence-electron chi connectivity index (χ0n) is 42.8. The molecule has 3 unspecified atom stereocenters. The number of amides is 4. The molecule has 2 aromatic rings. The number of aliphatic imine (C=N–C) groups is 1. The number of unbranched alkanes of at least 4 members (excludes halogenated alkanes) is 1. The van der Waals surface area contributed by atoms with Crippen LogP contribution in [0.4, 0.5) is 0 Å². The summed E-state index contributed by atoms with van der Waals surface area (Å²) in [7, 11) is -1.01. The van der Waals surface area contributed by atoms with E-state index in [4.69, 9.17) is 19.8 Å². The molecule has 3 aliphatic heterocycles. The Morgan fingerprint density at radius 3 is 2.41 bits per heavy atom. The van der Waals surface area contributed by atoms with Gasteiger partial charge in [-0.15, -0.1) is 0 Å². The van der Waals surface area contributed by atoms with Crippen LogP contribution in [-0.2, 0) is 46.7 Å². The SMILES string of the molecule is Cc1c(C)c(S(=O)(=O)NC(=NCCC[C@H](N)C(=O)NCCCCC(=O)NCc2ccc(C(=O)N[C@H](C)C(=O)N3CCC[C@H]3B3OC4C5C[C@@H]6C[C@@H](C56C)[C@]4(C)O3)cc2)N(C)C)c(C)c2c1OC(C)(C)C2. The van der Waals surface area contributed by atoms with Crippen LogP contribution in [-0.4, -0.2) is 124 Å². The molecule has 382 valence electrons. The average Bonchev–Trinajstić information content (AvgIpc) is 4.02. The Hall–Kier alpha value is -4.72. The van der Waals surface area contributed by atoms with Crippen LogP contribution in [0, 0.1) is 43.9 Å². The van der Waals surface area contributed by atoms with Crippen molar-refractivity contribution in [3.8, 4) is 5.75 Å². The summed E-state index contributed by atoms with van der Waals surface area (Å²) in [6.45, 7) is 17.3. The van der Waals surface area contributed by atoms with E-state index in [9.17, 15) is 27.6 Å². The first-order chi connectivity index (χ1) is 33.0. The maximum atomic E-state index is 13.8. The molecule has 2 saturated heterocycles. The van der Waals surface area contributed by atoms with Gasteiger partial charge in [0.25, 0.3) is 15.9 Å². The number of carbonyl (C=O) groups excluding carboxylic acids is 4. The molecule has 19 heteroatoms. The van der Waals surface area contributed by atoms with Gasteiger partial charge in [-0.2, -0.15) is 0 Å². The van der Waals surface area contributed by atoms with Crippen LogP contribution in [0.1, 0.15) is 131 Å². The second-order valence-corrected chi connectivity index (χ2v) is 23.7. The van der Waals surface area contributed by atoms with Gasteiger partial charge in [-0.1, -0.05) is 19.1 Å². The van der Waals surface area contributed by atoms with Crippen molar-refractivity contribution in [2.75, 3.05) is 33.7 Å². The standard InChI is InChI=1S/C51H75BN8O9S/c1-29-30(2)43(31(3)36-27-49(5,6)67-42(29)36)70(65,66)58-48(59(9)10)55-23-13-15-38(53)46(63)54-22-12-11-17-41(61)56-28-33-18-20-34(21-19-33)45(62)57-32(4)47(64)60-24-14-16-40(60)52-68-44-37-25-35-26-39(50(35,37)7)51(44,8)69-52/h18-21,32,35,37-40,44H,11-17,22-28,53H2,1-10H3,(H,54,63)(H,55,58)(H,56,61)(H,57,62)/t32-,35-,37?,38+,39+,40+,44?,50?,51+/m1/s1. The molecule has 70 heavy (non-hydrogen) atoms. The molecule has 6 N–H and O–H groups in total. The number of likely N-dealkylation sites (tertiary alicyclic amines) is 1. The lowest BCUT2D eigenvalue weighted by molar-refractivity contribution is -0.176. The molecule has 3 saturated carbocycles. The van der Waals surface area contributed by atoms with Gasteiger partial charge in [-0.05, 0) is 157 Å². The summed E-state index contributed by atoms with van der Waals surface area (Å²) in [4.78, 5) is 60.5. The number of hydrogen-bond acceptors (Lipinski definition) is 11. The fourth-order valence-corrected chi connectivity index (χ4v) is 14.2. The zero-order valence-corrected chi connectivity index (χ0v) is 43.6. The van der Waals surface area contributed by atoms with Crippen LogP contribution in [0.3, 0.4) is 0 Å². The minimum Gasteiger partial charge on any atom is -0.487 e. The summed E-state index contributed by atoms with van der Waals surface area (Å²) in [5, 5.41) is 8.63. The van der Waals surface area contributed by atoms with Gasteiger partial charge in [0.2, 0.25) is 23.7 Å². The second-order valence-electron chi connectivity index (χ2n) is 22.1. The molecule has 0 spiro atoms. The van der Waals surface area contributed by atoms with Gasteiger partial charge in [-0.25, -0.2) is 13.1 Å². The van der Waals surface area contributed by atoms with E-state index in [2.05, 4.69) is 39.5 Å². The first-order valence-electron chi connectivity index (χ1n) is 25.4. The van der Waals surface area contributed by atoms with Crippen molar-refractivity contribution in [1.82, 2.24) is 30.5 Å². The van der Waals surface area contributed by atoms with Gasteiger partial charge in [0.1, 0.15) is 17.4 Å². The maximum Gasteiger partial charge on any atom is 0.481 e. The largest absolute Gasteiger partial charge is 0.487 e. The lowest BCUT2D eigenvalue weighted by Crippen LogP contribution is -2.61. The Balaban J connectivity index is 0.698. The lowest BCUT2D eigenvalue weighted by Gasteiger charge is -2.64. The fraction of sp³-hybridized carbons (Fsp3) is 0.667. The molecule has 4 amide bonds. The van der Waals surface area contributed by atoms with Crippen molar-refractivity contribution >= 4 is 46.7 Å². The predicted octanol–water partition coefficient (Wildman–Crippen LogP) is 4.22. The molecule has 6 aliphatic rings. The van der Waals surface area contributed by atoms with Crippen LogP contribution < -0.4 is 31.1 Å². The molecule has 0 radical (unpaired) electrons. The monoisotopic (exact) mass is 987 g/mol. The number of nitrogens with one attached hydrogen (secondary N) is 4. The number of nitrogens with zero attached hydrogens (tertiary/aromatic N) is 3. The van der Waals surface area contributed by atoms with Crippen LogP contribution in [0.5, 0.6) is 5.75 Å². The summed E-state index contributed by atoms with van der Waals surface area (Å²) in [5.41, 5.74) is 10.1. The molecule has 0 bridgehead atoms. The highest BCUT2D eigenvalue weighted by atomic mass is 32.2. The lowest BCUT2D eigenvalue weighted by atomic mass is 9.41. The number of rotatable bonds is 18. The third-order valence-electron chi connectivity index (χ3n) is 16.7. The summed E-state index contributed by atoms with van der Waals surface area (Å²) >= 11 is 0. The molecule has 5 fully saturated rings. The third kappa shape index (κ3) is 9.68. The Labute approximate surface area is 414 Å². The molecular formula is C51H75BN8O9S. The van der Waals surface area contributed by atoms with E-state index < -0.39 is 34.8 Å². The summed E-state index contributed by atoms with van der Waals surface area (Å²) < 4.78 is 49.8. The first-order valence-corrected chi connectivity index (χ1v) is 26.8. The van der Waals surface area contributed by atoms with Crippen molar-refractivity contribution in [2.24, 2.45) is 33.9 Å². The number of hydrogen-bond donors (Lipinski definition) is 5. The van der Waals surface area contributed by atoms with Crippen LogP contribution in [0.25, 0.3) is 0 Å². The van der Waals surface area contributed by atoms with E-state index in [1.54, 1.807) is 57.1 Å². The van der Waals surface area contributed by atoms with Crippen LogP contribution in [0.2, 0.25) is 0 Å². The summed E-state index contributed by atoms with van der Waals surface area (Å²) in [6.07, 6.45) is 7.02. The Kier molecular flexibility index (Phi) is 14.5. The highest BCUT2D eigenvalue weighted by molar-refractivity contribution is 7.90. The van der Waals surface area contributed by atoms with Crippen molar-refractivity contribution in [1.29, 1.82) is 0 Å². The summed E-state index contributed by atoms with van der Waals surface area (Å²) in [5.74, 6) is 1.69. The Morgan fingerprint density at radius 1 is 0.986 bits per heavy atom. The van der Waals surface area contributed by atoms with E-state index in [1.165, 1.54) is 12.8 Å². The van der Waals surface area contributed by atoms with Crippen molar-refractivity contribution in [3.63, 3.8) is 0 Å². The molecule has 3 heterocycles. The van der Waals surface area contributed by atoms with E-state index in [0.29, 0.717) is 79.1 Å². The molecule has 9 atom stereocenters. The van der Waals surface area contributed by atoms with E-state index >= 15 is 0 Å². The van der Waals surface area contributed by atoms with E-state index in [-0.39, 0.29) is 71.6 Å². The molecule has 0 aromatic heterocycles. The highest BCUT2D eigenvalue weighted by Gasteiger charge is 2.80. The van der Waals surface area contributed by atoms with Gasteiger partial charge < -0.3 is 45.5 Å². The van der Waals surface area contributed by atoms with E-state index in [0.717, 1.165) is 41.2 Å². The molecular weight excluding hydrogens is 911 g/mol. The highest BCUT2D eigenvalue weighted by Crippen LogP contribution is 2.79. The quantitative estimate of drug-likeness (QED) is 0.0616. The van der Waals surface area contributed by atoms with Crippen LogP contribution in [0.15, 0.2) is 34.2 Å². The molecule has 2 aromatic carbocycles. The third-order valence-corrected chi connectivity index (χ3v) is 18.3. The molecule has 17 nitrogen and oxygen atoms in total. The minimum absolute atomic E-state index is 0.0812.